The first kappa shape index (κ1) is 16.5. The van der Waals surface area contributed by atoms with Crippen molar-refractivity contribution in [3.05, 3.63) is 0 Å². The van der Waals surface area contributed by atoms with Crippen LogP contribution < -0.4 is 0 Å². The van der Waals surface area contributed by atoms with Gasteiger partial charge in [-0.1, -0.05) is 0 Å². The van der Waals surface area contributed by atoms with Crippen molar-refractivity contribution in [1.82, 2.24) is 4.90 Å². The van der Waals surface area contributed by atoms with Gasteiger partial charge in [0.25, 0.3) is 0 Å². The number of carbonyl (C=O) groups is 3. The zero-order valence-electron chi connectivity index (χ0n) is 12.3. The van der Waals surface area contributed by atoms with Crippen LogP contribution in [-0.4, -0.2) is 47.5 Å². The van der Waals surface area contributed by atoms with E-state index >= 15 is 0 Å². The van der Waals surface area contributed by atoms with Crippen LogP contribution in [0.2, 0.25) is 0 Å². The lowest BCUT2D eigenvalue weighted by Crippen LogP contribution is -2.44. The molecule has 0 spiro atoms. The fraction of sp³-hybridized carbons (Fsp3) is 0.786. The van der Waals surface area contributed by atoms with Crippen molar-refractivity contribution < 1.29 is 24.2 Å². The topological polar surface area (TPSA) is 83.9 Å². The summed E-state index contributed by atoms with van der Waals surface area (Å²) in [6.07, 6.45) is 1.39. The molecule has 0 aromatic carbocycles. The maximum atomic E-state index is 12.2. The van der Waals surface area contributed by atoms with Gasteiger partial charge in [0, 0.05) is 19.5 Å². The number of piperidine rings is 1. The van der Waals surface area contributed by atoms with Crippen molar-refractivity contribution in [2.45, 2.75) is 40.0 Å². The molecule has 1 rings (SSSR count). The highest BCUT2D eigenvalue weighted by atomic mass is 16.5. The number of nitrogens with zero attached hydrogens (tertiary/aromatic N) is 1. The van der Waals surface area contributed by atoms with Gasteiger partial charge in [0.15, 0.2) is 0 Å². The van der Waals surface area contributed by atoms with E-state index in [-0.39, 0.29) is 24.2 Å². The predicted molar refractivity (Wildman–Crippen MR) is 72.0 cm³/mol. The van der Waals surface area contributed by atoms with Crippen molar-refractivity contribution in [3.8, 4) is 0 Å². The van der Waals surface area contributed by atoms with E-state index in [0.29, 0.717) is 26.1 Å². The molecule has 0 radical (unpaired) electrons. The number of rotatable bonds is 5. The van der Waals surface area contributed by atoms with Gasteiger partial charge in [-0.25, -0.2) is 0 Å². The molecule has 0 saturated carbocycles. The molecular weight excluding hydrogens is 262 g/mol. The number of amides is 1. The zero-order valence-corrected chi connectivity index (χ0v) is 12.3. The smallest absolute Gasteiger partial charge is 0.310 e. The second-order valence-electron chi connectivity index (χ2n) is 5.80. The molecule has 6 heteroatoms. The Labute approximate surface area is 119 Å². The van der Waals surface area contributed by atoms with Gasteiger partial charge in [-0.2, -0.15) is 0 Å². The van der Waals surface area contributed by atoms with E-state index in [1.54, 1.807) is 11.8 Å². The van der Waals surface area contributed by atoms with Crippen LogP contribution in [-0.2, 0) is 19.1 Å². The van der Waals surface area contributed by atoms with Crippen molar-refractivity contribution in [2.24, 2.45) is 11.3 Å². The number of esters is 1. The number of aliphatic carboxylic acids is 1. The fourth-order valence-electron chi connectivity index (χ4n) is 2.22. The molecule has 1 N–H and O–H groups in total. The number of likely N-dealkylation sites (tertiary alicyclic amines) is 1. The summed E-state index contributed by atoms with van der Waals surface area (Å²) in [5, 5.41) is 9.05. The monoisotopic (exact) mass is 285 g/mol. The first-order valence-electron chi connectivity index (χ1n) is 6.95. The molecule has 0 aliphatic carbocycles. The highest BCUT2D eigenvalue weighted by molar-refractivity contribution is 5.85. The molecule has 1 saturated heterocycles. The summed E-state index contributed by atoms with van der Waals surface area (Å²) in [5.74, 6) is -1.78. The molecule has 1 fully saturated rings. The van der Waals surface area contributed by atoms with E-state index in [9.17, 15) is 14.4 Å². The number of carbonyl (C=O) groups excluding carboxylic acids is 2. The van der Waals surface area contributed by atoms with Gasteiger partial charge in [-0.15, -0.1) is 0 Å². The molecule has 1 aliphatic heterocycles. The molecule has 1 aliphatic rings. The molecule has 114 valence electrons. The standard InChI is InChI=1S/C14H23NO5/c1-4-20-12(17)10-6-5-7-15(9-10)11(16)8-14(2,3)13(18)19/h10H,4-9H2,1-3H3,(H,18,19). The van der Waals surface area contributed by atoms with E-state index in [0.717, 1.165) is 6.42 Å². The van der Waals surface area contributed by atoms with E-state index in [1.807, 2.05) is 0 Å². The van der Waals surface area contributed by atoms with Crippen LogP contribution >= 0.6 is 0 Å². The Balaban J connectivity index is 2.61. The second-order valence-corrected chi connectivity index (χ2v) is 5.80. The third-order valence-corrected chi connectivity index (χ3v) is 3.57. The SMILES string of the molecule is CCOC(=O)C1CCCN(C(=O)CC(C)(C)C(=O)O)C1. The van der Waals surface area contributed by atoms with Gasteiger partial charge >= 0.3 is 11.9 Å². The van der Waals surface area contributed by atoms with Gasteiger partial charge in [0.2, 0.25) is 5.91 Å². The Hall–Kier alpha value is -1.59. The summed E-state index contributed by atoms with van der Waals surface area (Å²) in [4.78, 5) is 36.5. The maximum absolute atomic E-state index is 12.2. The molecule has 1 amide bonds. The first-order chi connectivity index (χ1) is 9.27. The highest BCUT2D eigenvalue weighted by Gasteiger charge is 2.35. The van der Waals surface area contributed by atoms with Crippen molar-refractivity contribution in [2.75, 3.05) is 19.7 Å². The summed E-state index contributed by atoms with van der Waals surface area (Å²) in [7, 11) is 0. The summed E-state index contributed by atoms with van der Waals surface area (Å²) >= 11 is 0. The first-order valence-corrected chi connectivity index (χ1v) is 6.95. The average molecular weight is 285 g/mol. The fourth-order valence-corrected chi connectivity index (χ4v) is 2.22. The third-order valence-electron chi connectivity index (χ3n) is 3.57. The Morgan fingerprint density at radius 3 is 2.55 bits per heavy atom. The summed E-state index contributed by atoms with van der Waals surface area (Å²) < 4.78 is 4.98. The molecular formula is C14H23NO5. The van der Waals surface area contributed by atoms with Gasteiger partial charge in [0.1, 0.15) is 0 Å². The number of ether oxygens (including phenoxy) is 1. The Morgan fingerprint density at radius 1 is 1.35 bits per heavy atom. The zero-order chi connectivity index (χ0) is 15.3. The van der Waals surface area contributed by atoms with Crippen LogP contribution in [0.15, 0.2) is 0 Å². The molecule has 1 atom stereocenters. The number of carboxylic acids is 1. The molecule has 20 heavy (non-hydrogen) atoms. The molecule has 0 aromatic rings. The normalized spacial score (nSPS) is 19.6. The van der Waals surface area contributed by atoms with Crippen LogP contribution in [0.4, 0.5) is 0 Å². The van der Waals surface area contributed by atoms with Gasteiger partial charge in [-0.05, 0) is 33.6 Å². The lowest BCUT2D eigenvalue weighted by Gasteiger charge is -2.33. The van der Waals surface area contributed by atoms with E-state index in [2.05, 4.69) is 0 Å². The summed E-state index contributed by atoms with van der Waals surface area (Å²) in [5.41, 5.74) is -1.09. The van der Waals surface area contributed by atoms with E-state index in [4.69, 9.17) is 9.84 Å². The van der Waals surface area contributed by atoms with Crippen molar-refractivity contribution in [3.63, 3.8) is 0 Å². The lowest BCUT2D eigenvalue weighted by molar-refractivity contribution is -0.155. The van der Waals surface area contributed by atoms with Crippen LogP contribution in [0, 0.1) is 11.3 Å². The largest absolute Gasteiger partial charge is 0.481 e. The third kappa shape index (κ3) is 4.21. The minimum atomic E-state index is -1.09. The number of hydrogen-bond acceptors (Lipinski definition) is 4. The average Bonchev–Trinajstić information content (AvgIpc) is 2.38. The number of hydrogen-bond donors (Lipinski definition) is 1. The molecule has 0 bridgehead atoms. The van der Waals surface area contributed by atoms with Crippen LogP contribution in [0.25, 0.3) is 0 Å². The van der Waals surface area contributed by atoms with Gasteiger partial charge < -0.3 is 14.7 Å². The summed E-state index contributed by atoms with van der Waals surface area (Å²) in [6, 6.07) is 0. The maximum Gasteiger partial charge on any atom is 0.310 e. The van der Waals surface area contributed by atoms with Crippen LogP contribution in [0.5, 0.6) is 0 Å². The Kier molecular flexibility index (Phi) is 5.53. The summed E-state index contributed by atoms with van der Waals surface area (Å²) in [6.45, 7) is 6.03. The lowest BCUT2D eigenvalue weighted by atomic mass is 9.88. The highest BCUT2D eigenvalue weighted by Crippen LogP contribution is 2.24. The van der Waals surface area contributed by atoms with Crippen LogP contribution in [0.1, 0.15) is 40.0 Å². The van der Waals surface area contributed by atoms with Crippen molar-refractivity contribution in [1.29, 1.82) is 0 Å². The van der Waals surface area contributed by atoms with Crippen LogP contribution in [0.3, 0.4) is 0 Å². The number of carboxylic acid groups (broad SMARTS) is 1. The minimum absolute atomic E-state index is 0.0577. The molecule has 1 unspecified atom stereocenters. The van der Waals surface area contributed by atoms with E-state index < -0.39 is 11.4 Å². The quantitative estimate of drug-likeness (QED) is 0.769. The van der Waals surface area contributed by atoms with Gasteiger partial charge in [0.05, 0.1) is 17.9 Å². The molecule has 6 nitrogen and oxygen atoms in total. The minimum Gasteiger partial charge on any atom is -0.481 e. The van der Waals surface area contributed by atoms with E-state index in [1.165, 1.54) is 13.8 Å². The predicted octanol–water partition coefficient (Wildman–Crippen LogP) is 1.29. The van der Waals surface area contributed by atoms with Crippen molar-refractivity contribution >= 4 is 17.8 Å². The molecule has 0 aromatic heterocycles. The Morgan fingerprint density at radius 2 is 2.00 bits per heavy atom. The van der Waals surface area contributed by atoms with Gasteiger partial charge in [-0.3, -0.25) is 14.4 Å². The second kappa shape index (κ2) is 6.72. The molecule has 1 heterocycles. The Bertz CT molecular complexity index is 391.